The van der Waals surface area contributed by atoms with Crippen LogP contribution in [0.3, 0.4) is 0 Å². The van der Waals surface area contributed by atoms with Crippen LogP contribution in [-0.4, -0.2) is 4.98 Å². The third-order valence-electron chi connectivity index (χ3n) is 11.5. The molecular formula is C52H37N3O2. The van der Waals surface area contributed by atoms with Crippen LogP contribution in [0.15, 0.2) is 197 Å². The van der Waals surface area contributed by atoms with Gasteiger partial charge < -0.3 is 18.6 Å². The topological polar surface area (TPSA) is 45.7 Å². The smallest absolute Gasteiger partial charge is 0.227 e. The van der Waals surface area contributed by atoms with Gasteiger partial charge in [-0.05, 0) is 77.4 Å². The summed E-state index contributed by atoms with van der Waals surface area (Å²) in [5.41, 5.74) is 14.7. The van der Waals surface area contributed by atoms with Crippen molar-refractivity contribution in [1.29, 1.82) is 0 Å². The Bertz CT molecular complexity index is 3110. The lowest BCUT2D eigenvalue weighted by Gasteiger charge is -2.31. The van der Waals surface area contributed by atoms with Crippen molar-refractivity contribution < 1.29 is 8.83 Å². The zero-order chi connectivity index (χ0) is 38.1. The molecule has 10 aromatic rings. The molecule has 1 aliphatic rings. The molecule has 0 atom stereocenters. The van der Waals surface area contributed by atoms with Gasteiger partial charge in [-0.1, -0.05) is 135 Å². The number of para-hydroxylation sites is 4. The zero-order valence-corrected chi connectivity index (χ0v) is 31.6. The van der Waals surface area contributed by atoms with Crippen molar-refractivity contribution >= 4 is 67.2 Å². The number of aromatic nitrogens is 1. The molecule has 57 heavy (non-hydrogen) atoms. The van der Waals surface area contributed by atoms with E-state index in [1.165, 1.54) is 22.3 Å². The number of hydrogen-bond acceptors (Lipinski definition) is 5. The number of fused-ring (bicyclic) bond motifs is 7. The second kappa shape index (κ2) is 12.9. The van der Waals surface area contributed by atoms with Crippen molar-refractivity contribution in [3.63, 3.8) is 0 Å². The molecule has 0 spiro atoms. The summed E-state index contributed by atoms with van der Waals surface area (Å²) in [5.74, 6) is 0.557. The summed E-state index contributed by atoms with van der Waals surface area (Å²) >= 11 is 0. The Morgan fingerprint density at radius 1 is 0.456 bits per heavy atom. The van der Waals surface area contributed by atoms with Crippen LogP contribution in [0.4, 0.5) is 34.1 Å². The fourth-order valence-corrected chi connectivity index (χ4v) is 8.82. The van der Waals surface area contributed by atoms with Crippen molar-refractivity contribution in [2.24, 2.45) is 0 Å². The van der Waals surface area contributed by atoms with Crippen LogP contribution in [0.2, 0.25) is 0 Å². The van der Waals surface area contributed by atoms with Crippen molar-refractivity contribution in [3.05, 3.63) is 199 Å². The minimum atomic E-state index is -0.162. The second-order valence-corrected chi connectivity index (χ2v) is 15.2. The van der Waals surface area contributed by atoms with Crippen LogP contribution < -0.4 is 9.80 Å². The summed E-state index contributed by atoms with van der Waals surface area (Å²) in [6.07, 6.45) is 0. The third-order valence-corrected chi connectivity index (χ3v) is 11.5. The highest BCUT2D eigenvalue weighted by Crippen LogP contribution is 2.55. The van der Waals surface area contributed by atoms with E-state index >= 15 is 0 Å². The number of hydrogen-bond donors (Lipinski definition) is 0. The van der Waals surface area contributed by atoms with Crippen LogP contribution in [0, 0.1) is 0 Å². The molecule has 0 N–H and O–H groups in total. The number of nitrogens with zero attached hydrogens (tertiary/aromatic N) is 3. The normalized spacial score (nSPS) is 12.9. The molecule has 2 aromatic heterocycles. The number of oxazole rings is 1. The monoisotopic (exact) mass is 735 g/mol. The molecule has 5 nitrogen and oxygen atoms in total. The summed E-state index contributed by atoms with van der Waals surface area (Å²) in [7, 11) is 0. The maximum absolute atomic E-state index is 6.81. The molecule has 272 valence electrons. The summed E-state index contributed by atoms with van der Waals surface area (Å²) in [4.78, 5) is 9.91. The lowest BCUT2D eigenvalue weighted by atomic mass is 9.82. The van der Waals surface area contributed by atoms with E-state index in [1.54, 1.807) is 0 Å². The molecule has 0 unspecified atom stereocenters. The predicted molar refractivity (Wildman–Crippen MR) is 234 cm³/mol. The summed E-state index contributed by atoms with van der Waals surface area (Å²) in [5, 5.41) is 2.12. The quantitative estimate of drug-likeness (QED) is 0.163. The molecule has 11 rings (SSSR count). The van der Waals surface area contributed by atoms with E-state index in [4.69, 9.17) is 13.8 Å². The van der Waals surface area contributed by atoms with Gasteiger partial charge in [0.2, 0.25) is 5.89 Å². The second-order valence-electron chi connectivity index (χ2n) is 15.2. The van der Waals surface area contributed by atoms with Gasteiger partial charge in [-0.15, -0.1) is 0 Å². The lowest BCUT2D eigenvalue weighted by Crippen LogP contribution is -2.16. The minimum absolute atomic E-state index is 0.162. The fraction of sp³-hybridized carbons (Fsp3) is 0.0577. The van der Waals surface area contributed by atoms with Gasteiger partial charge in [-0.25, -0.2) is 4.98 Å². The first kappa shape index (κ1) is 33.0. The molecular weight excluding hydrogens is 699 g/mol. The van der Waals surface area contributed by atoms with E-state index in [-0.39, 0.29) is 5.41 Å². The highest BCUT2D eigenvalue weighted by Gasteiger charge is 2.38. The Kier molecular flexibility index (Phi) is 7.45. The van der Waals surface area contributed by atoms with Gasteiger partial charge in [0.1, 0.15) is 11.1 Å². The molecule has 0 radical (unpaired) electrons. The van der Waals surface area contributed by atoms with E-state index in [9.17, 15) is 0 Å². The van der Waals surface area contributed by atoms with Crippen LogP contribution >= 0.6 is 0 Å². The van der Waals surface area contributed by atoms with Crippen molar-refractivity contribution in [2.75, 3.05) is 9.80 Å². The van der Waals surface area contributed by atoms with Crippen LogP contribution in [0.25, 0.3) is 55.6 Å². The van der Waals surface area contributed by atoms with Gasteiger partial charge in [0.15, 0.2) is 11.2 Å². The number of rotatable bonds is 7. The first-order chi connectivity index (χ1) is 28.0. The molecule has 8 aromatic carbocycles. The van der Waals surface area contributed by atoms with E-state index in [2.05, 4.69) is 163 Å². The van der Waals surface area contributed by atoms with Crippen LogP contribution in [-0.2, 0) is 5.41 Å². The van der Waals surface area contributed by atoms with Crippen molar-refractivity contribution in [1.82, 2.24) is 4.98 Å². The van der Waals surface area contributed by atoms with Gasteiger partial charge in [0.05, 0.1) is 22.7 Å². The minimum Gasteiger partial charge on any atom is -0.454 e. The Hall–Kier alpha value is -7.37. The molecule has 0 aliphatic heterocycles. The first-order valence-electron chi connectivity index (χ1n) is 19.4. The standard InChI is InChI=1S/C52H37N3O2/c1-52(2)41-27-14-12-25-40(41)48-42(52)28-17-29-43(48)54(35-20-8-4-9-21-35)37-32-45(49-47(33-37)57-51(53-49)34-18-6-3-7-19-34)55(36-22-10-5-11-23-36)44-30-16-26-39-38-24-13-15-31-46(38)56-50(39)44/h3-33H,1-2H3. The number of anilines is 6. The SMILES string of the molecule is CC1(C)c2ccccc2-c2c(N(c3ccccc3)c3cc(N(c4ccccc4)c4cccc5c4oc4ccccc45)c4nc(-c5ccccc5)oc4c3)cccc21. The van der Waals surface area contributed by atoms with E-state index in [0.717, 1.165) is 67.1 Å². The molecule has 0 fully saturated rings. The first-order valence-corrected chi connectivity index (χ1v) is 19.4. The Morgan fingerprint density at radius 3 is 1.86 bits per heavy atom. The van der Waals surface area contributed by atoms with E-state index < -0.39 is 0 Å². The van der Waals surface area contributed by atoms with Crippen molar-refractivity contribution in [3.8, 4) is 22.6 Å². The van der Waals surface area contributed by atoms with Crippen molar-refractivity contribution in [2.45, 2.75) is 19.3 Å². The fourth-order valence-electron chi connectivity index (χ4n) is 8.82. The Balaban J connectivity index is 1.23. The maximum atomic E-state index is 6.81. The van der Waals surface area contributed by atoms with Gasteiger partial charge >= 0.3 is 0 Å². The average Bonchev–Trinajstić information content (AvgIpc) is 3.94. The summed E-state index contributed by atoms with van der Waals surface area (Å²) in [6, 6.07) is 65.8. The van der Waals surface area contributed by atoms with Crippen LogP contribution in [0.5, 0.6) is 0 Å². The van der Waals surface area contributed by atoms with Gasteiger partial charge in [0.25, 0.3) is 0 Å². The Morgan fingerprint density at radius 2 is 1.07 bits per heavy atom. The number of furan rings is 1. The van der Waals surface area contributed by atoms with Gasteiger partial charge in [-0.3, -0.25) is 0 Å². The molecule has 1 aliphatic carbocycles. The zero-order valence-electron chi connectivity index (χ0n) is 31.6. The number of benzene rings is 8. The predicted octanol–water partition coefficient (Wildman–Crippen LogP) is 14.6. The highest BCUT2D eigenvalue weighted by atomic mass is 16.3. The third kappa shape index (κ3) is 5.20. The van der Waals surface area contributed by atoms with Gasteiger partial charge in [-0.2, -0.15) is 0 Å². The summed E-state index contributed by atoms with van der Waals surface area (Å²) in [6.45, 7) is 4.66. The van der Waals surface area contributed by atoms with E-state index in [0.29, 0.717) is 11.5 Å². The van der Waals surface area contributed by atoms with E-state index in [1.807, 2.05) is 48.5 Å². The lowest BCUT2D eigenvalue weighted by molar-refractivity contribution is 0.620. The molecule has 0 amide bonds. The molecule has 0 bridgehead atoms. The van der Waals surface area contributed by atoms with Crippen LogP contribution in [0.1, 0.15) is 25.0 Å². The molecule has 0 saturated carbocycles. The molecule has 2 heterocycles. The highest BCUT2D eigenvalue weighted by molar-refractivity contribution is 6.11. The van der Waals surface area contributed by atoms with Gasteiger partial charge in [0, 0.05) is 44.8 Å². The summed E-state index contributed by atoms with van der Waals surface area (Å²) < 4.78 is 13.5. The maximum Gasteiger partial charge on any atom is 0.227 e. The largest absolute Gasteiger partial charge is 0.454 e. The average molecular weight is 736 g/mol. The molecule has 5 heteroatoms. The Labute approximate surface area is 330 Å². The molecule has 0 saturated heterocycles.